The van der Waals surface area contributed by atoms with Crippen LogP contribution in [0.3, 0.4) is 0 Å². The van der Waals surface area contributed by atoms with Gasteiger partial charge in [-0.1, -0.05) is 152 Å². The van der Waals surface area contributed by atoms with Crippen molar-refractivity contribution in [3.8, 4) is 44.5 Å². The first-order valence-electron chi connectivity index (χ1n) is 21.6. The summed E-state index contributed by atoms with van der Waals surface area (Å²) in [6.07, 6.45) is 0. The normalized spacial score (nSPS) is 11.8. The van der Waals surface area contributed by atoms with Gasteiger partial charge in [-0.15, -0.1) is 34.0 Å². The molecule has 0 aliphatic rings. The number of benzene rings is 10. The largest absolute Gasteiger partial charge is 0.311 e. The number of nitrogens with zero attached hydrogens (tertiary/aromatic N) is 1. The second-order valence-electron chi connectivity index (χ2n) is 16.4. The SMILES string of the molecule is c1ccc(N(c2ccc(-c3cc(-c4cccc5c4sc4ccccc45)cc(-c4cccc5c4sc4ccccc45)c3)cc2)c2ccc(-c3cccc4c3sc3ccccc34)cc2)cc1. The van der Waals surface area contributed by atoms with Crippen LogP contribution in [0.4, 0.5) is 17.1 Å². The highest BCUT2D eigenvalue weighted by molar-refractivity contribution is 7.27. The average molecular weight is 868 g/mol. The van der Waals surface area contributed by atoms with E-state index in [1.54, 1.807) is 0 Å². The van der Waals surface area contributed by atoms with Crippen LogP contribution in [0.2, 0.25) is 0 Å². The highest BCUT2D eigenvalue weighted by Gasteiger charge is 2.18. The Kier molecular flexibility index (Phi) is 8.83. The van der Waals surface area contributed by atoms with Gasteiger partial charge in [0.05, 0.1) is 0 Å². The van der Waals surface area contributed by atoms with Gasteiger partial charge in [-0.2, -0.15) is 0 Å². The highest BCUT2D eigenvalue weighted by atomic mass is 32.1. The zero-order valence-electron chi connectivity index (χ0n) is 34.5. The van der Waals surface area contributed by atoms with Crippen molar-refractivity contribution in [1.29, 1.82) is 0 Å². The molecule has 3 aromatic heterocycles. The van der Waals surface area contributed by atoms with Gasteiger partial charge in [0.1, 0.15) is 0 Å². The molecule has 0 N–H and O–H groups in total. The number of thiophene rings is 3. The molecule has 0 spiro atoms. The summed E-state index contributed by atoms with van der Waals surface area (Å²) in [5.74, 6) is 0. The molecule has 0 radical (unpaired) electrons. The first kappa shape index (κ1) is 37.2. The van der Waals surface area contributed by atoms with Crippen molar-refractivity contribution in [3.63, 3.8) is 0 Å². The van der Waals surface area contributed by atoms with Crippen LogP contribution in [0.5, 0.6) is 0 Å². The summed E-state index contributed by atoms with van der Waals surface area (Å²) in [6, 6.07) is 82.8. The third-order valence-corrected chi connectivity index (χ3v) is 16.3. The molecule has 0 aliphatic carbocycles. The molecule has 13 rings (SSSR count). The molecule has 0 aliphatic heterocycles. The van der Waals surface area contributed by atoms with E-state index in [-0.39, 0.29) is 0 Å². The highest BCUT2D eigenvalue weighted by Crippen LogP contribution is 2.46. The Hall–Kier alpha value is -7.34. The maximum Gasteiger partial charge on any atom is 0.0462 e. The van der Waals surface area contributed by atoms with E-state index >= 15 is 0 Å². The van der Waals surface area contributed by atoms with E-state index in [4.69, 9.17) is 0 Å². The number of hydrogen-bond acceptors (Lipinski definition) is 4. The molecule has 300 valence electrons. The van der Waals surface area contributed by atoms with Crippen LogP contribution in [0, 0.1) is 0 Å². The van der Waals surface area contributed by atoms with E-state index in [2.05, 4.69) is 229 Å². The van der Waals surface area contributed by atoms with Crippen LogP contribution >= 0.6 is 34.0 Å². The lowest BCUT2D eigenvalue weighted by molar-refractivity contribution is 1.28. The van der Waals surface area contributed by atoms with Crippen molar-refractivity contribution in [3.05, 3.63) is 224 Å². The van der Waals surface area contributed by atoms with Gasteiger partial charge >= 0.3 is 0 Å². The predicted molar refractivity (Wildman–Crippen MR) is 282 cm³/mol. The fourth-order valence-corrected chi connectivity index (χ4v) is 13.4. The van der Waals surface area contributed by atoms with Crippen molar-refractivity contribution < 1.29 is 0 Å². The fraction of sp³-hybridized carbons (Fsp3) is 0. The fourth-order valence-electron chi connectivity index (χ4n) is 9.65. The van der Waals surface area contributed by atoms with Crippen molar-refractivity contribution in [1.82, 2.24) is 0 Å². The Morgan fingerprint density at radius 1 is 0.234 bits per heavy atom. The van der Waals surface area contributed by atoms with Crippen molar-refractivity contribution in [2.24, 2.45) is 0 Å². The van der Waals surface area contributed by atoms with E-state index in [0.29, 0.717) is 0 Å². The molecule has 0 saturated heterocycles. The standard InChI is InChI=1S/C60H37NS3/c1-2-13-43(14-3-1)61(45-33-29-39(30-34-45)46-18-10-21-52-49-15-4-7-24-55(49)62-58(46)52)44-31-27-38(28-32-44)40-35-41(47-19-11-22-53-50-16-5-8-25-56(50)63-59(47)53)37-42(36-40)48-20-12-23-54-51-17-6-9-26-57(51)64-60(48)54/h1-37H. The summed E-state index contributed by atoms with van der Waals surface area (Å²) in [5.41, 5.74) is 13.2. The van der Waals surface area contributed by atoms with Gasteiger partial charge in [-0.3, -0.25) is 0 Å². The summed E-state index contributed by atoms with van der Waals surface area (Å²) in [4.78, 5) is 2.36. The second kappa shape index (κ2) is 15.2. The molecule has 1 nitrogen and oxygen atoms in total. The van der Waals surface area contributed by atoms with E-state index in [0.717, 1.165) is 17.1 Å². The minimum atomic E-state index is 1.11. The Labute approximate surface area is 383 Å². The number of anilines is 3. The van der Waals surface area contributed by atoms with Crippen LogP contribution in [0.25, 0.3) is 105 Å². The predicted octanol–water partition coefficient (Wildman–Crippen LogP) is 18.9. The Bertz CT molecular complexity index is 3760. The lowest BCUT2D eigenvalue weighted by atomic mass is 9.92. The molecular formula is C60H37NS3. The minimum Gasteiger partial charge on any atom is -0.311 e. The zero-order valence-corrected chi connectivity index (χ0v) is 37.0. The molecule has 0 saturated carbocycles. The molecule has 0 fully saturated rings. The van der Waals surface area contributed by atoms with Gasteiger partial charge in [0.2, 0.25) is 0 Å². The lowest BCUT2D eigenvalue weighted by Crippen LogP contribution is -2.09. The quantitative estimate of drug-likeness (QED) is 0.154. The maximum absolute atomic E-state index is 2.41. The molecule has 0 unspecified atom stereocenters. The molecular weight excluding hydrogens is 831 g/mol. The smallest absolute Gasteiger partial charge is 0.0462 e. The van der Waals surface area contributed by atoms with Crippen LogP contribution in [-0.2, 0) is 0 Å². The summed E-state index contributed by atoms with van der Waals surface area (Å²) >= 11 is 5.66. The average Bonchev–Trinajstić information content (AvgIpc) is 4.06. The van der Waals surface area contributed by atoms with Crippen LogP contribution in [-0.4, -0.2) is 0 Å². The molecule has 13 aromatic rings. The number of fused-ring (bicyclic) bond motifs is 9. The molecule has 0 atom stereocenters. The van der Waals surface area contributed by atoms with Crippen molar-refractivity contribution in [2.75, 3.05) is 4.90 Å². The molecule has 64 heavy (non-hydrogen) atoms. The van der Waals surface area contributed by atoms with Crippen LogP contribution in [0.1, 0.15) is 0 Å². The monoisotopic (exact) mass is 867 g/mol. The Morgan fingerprint density at radius 2 is 0.578 bits per heavy atom. The van der Waals surface area contributed by atoms with Gasteiger partial charge < -0.3 is 4.90 Å². The van der Waals surface area contributed by atoms with E-state index in [1.807, 2.05) is 34.0 Å². The second-order valence-corrected chi connectivity index (χ2v) is 19.6. The number of hydrogen-bond donors (Lipinski definition) is 0. The topological polar surface area (TPSA) is 3.24 Å². The summed E-state index contributed by atoms with van der Waals surface area (Å²) < 4.78 is 7.95. The van der Waals surface area contributed by atoms with Gasteiger partial charge in [0.25, 0.3) is 0 Å². The van der Waals surface area contributed by atoms with Crippen molar-refractivity contribution >= 4 is 112 Å². The maximum atomic E-state index is 2.41. The van der Waals surface area contributed by atoms with Crippen LogP contribution < -0.4 is 4.90 Å². The van der Waals surface area contributed by atoms with Crippen LogP contribution in [0.15, 0.2) is 224 Å². The third kappa shape index (κ3) is 6.17. The van der Waals surface area contributed by atoms with E-state index < -0.39 is 0 Å². The lowest BCUT2D eigenvalue weighted by Gasteiger charge is -2.26. The summed E-state index contributed by atoms with van der Waals surface area (Å²) in [6.45, 7) is 0. The van der Waals surface area contributed by atoms with Crippen molar-refractivity contribution in [2.45, 2.75) is 0 Å². The third-order valence-electron chi connectivity index (χ3n) is 12.7. The molecule has 3 heterocycles. The zero-order chi connectivity index (χ0) is 42.1. The first-order valence-corrected chi connectivity index (χ1v) is 24.1. The Balaban J connectivity index is 0.929. The number of rotatable bonds is 7. The van der Waals surface area contributed by atoms with Gasteiger partial charge in [-0.05, 0) is 117 Å². The first-order chi connectivity index (χ1) is 31.7. The molecule has 10 aromatic carbocycles. The number of para-hydroxylation sites is 1. The van der Waals surface area contributed by atoms with Gasteiger partial charge in [0.15, 0.2) is 0 Å². The summed E-state index contributed by atoms with van der Waals surface area (Å²) in [5, 5.41) is 7.90. The van der Waals surface area contributed by atoms with E-state index in [1.165, 1.54) is 105 Å². The van der Waals surface area contributed by atoms with Gasteiger partial charge in [0, 0.05) is 77.6 Å². The minimum absolute atomic E-state index is 1.11. The molecule has 4 heteroatoms. The summed E-state index contributed by atoms with van der Waals surface area (Å²) in [7, 11) is 0. The van der Waals surface area contributed by atoms with E-state index in [9.17, 15) is 0 Å². The van der Waals surface area contributed by atoms with Gasteiger partial charge in [-0.25, -0.2) is 0 Å². The molecule has 0 bridgehead atoms. The molecule has 0 amide bonds. The Morgan fingerprint density at radius 3 is 1.03 bits per heavy atom.